The van der Waals surface area contributed by atoms with Crippen LogP contribution < -0.4 is 0 Å². The van der Waals surface area contributed by atoms with E-state index < -0.39 is 30.2 Å². The van der Waals surface area contributed by atoms with Crippen LogP contribution in [0.4, 0.5) is 0 Å². The number of para-hydroxylation sites is 1. The Morgan fingerprint density at radius 1 is 1.06 bits per heavy atom. The lowest BCUT2D eigenvalue weighted by Crippen LogP contribution is -1.93. The zero-order valence-corrected chi connectivity index (χ0v) is 9.65. The molecule has 0 unspecified atom stereocenters. The van der Waals surface area contributed by atoms with E-state index in [-0.39, 0.29) is 17.6 Å². The minimum Gasteiger partial charge on any atom is -0.220 e. The van der Waals surface area contributed by atoms with Gasteiger partial charge in [0.25, 0.3) is 0 Å². The van der Waals surface area contributed by atoms with Gasteiger partial charge < -0.3 is 0 Å². The van der Waals surface area contributed by atoms with Gasteiger partial charge in [0.05, 0.1) is 20.1 Å². The van der Waals surface area contributed by atoms with Crippen molar-refractivity contribution in [1.29, 1.82) is 0 Å². The molecule has 0 bridgehead atoms. The van der Waals surface area contributed by atoms with Gasteiger partial charge in [-0.1, -0.05) is 53.2 Å². The predicted molar refractivity (Wildman–Crippen MR) is 71.5 cm³/mol. The molecule has 0 fully saturated rings. The molecule has 0 spiro atoms. The van der Waals surface area contributed by atoms with E-state index in [1.165, 1.54) is 0 Å². The van der Waals surface area contributed by atoms with Crippen LogP contribution in [-0.2, 0) is 0 Å². The summed E-state index contributed by atoms with van der Waals surface area (Å²) in [7, 11) is 0. The number of benzene rings is 2. The molecule has 1 heterocycles. The summed E-state index contributed by atoms with van der Waals surface area (Å²) in [6, 6.07) is 5.06. The minimum absolute atomic E-state index is 0.141. The van der Waals surface area contributed by atoms with Gasteiger partial charge in [-0.3, -0.25) is 0 Å². The molecule has 0 aliphatic carbocycles. The molecule has 1 aromatic heterocycles. The highest BCUT2D eigenvalue weighted by molar-refractivity contribution is 5.58. The number of aromatic nitrogens is 3. The average Bonchev–Trinajstić information content (AvgIpc) is 2.94. The molecule has 0 amide bonds. The molecule has 0 aliphatic rings. The van der Waals surface area contributed by atoms with Crippen molar-refractivity contribution in [2.45, 2.75) is 6.92 Å². The molecule has 3 heteroatoms. The van der Waals surface area contributed by atoms with E-state index in [9.17, 15) is 0 Å². The normalized spacial score (nSPS) is 15.2. The fourth-order valence-corrected chi connectivity index (χ4v) is 1.52. The van der Waals surface area contributed by atoms with Crippen LogP contribution in [0.5, 0.6) is 0 Å². The van der Waals surface area contributed by atoms with Gasteiger partial charge in [-0.2, -0.15) is 0 Å². The summed E-state index contributed by atoms with van der Waals surface area (Å²) in [5, 5.41) is 7.78. The topological polar surface area (TPSA) is 30.7 Å². The maximum absolute atomic E-state index is 8.25. The van der Waals surface area contributed by atoms with Crippen molar-refractivity contribution in [2.75, 3.05) is 0 Å². The smallest absolute Gasteiger partial charge is 0.113 e. The van der Waals surface area contributed by atoms with Crippen LogP contribution in [0.1, 0.15) is 13.8 Å². The first-order valence-electron chi connectivity index (χ1n) is 8.39. The summed E-state index contributed by atoms with van der Waals surface area (Å²) in [4.78, 5) is 0. The Kier molecular flexibility index (Phi) is 1.47. The monoisotopic (exact) mass is 241 g/mol. The fraction of sp³-hybridized carbons (Fsp3) is 0.0667. The van der Waals surface area contributed by atoms with Crippen molar-refractivity contribution in [3.05, 3.63) is 66.2 Å². The predicted octanol–water partition coefficient (Wildman–Crippen LogP) is 3.24. The van der Waals surface area contributed by atoms with E-state index in [0.29, 0.717) is 5.56 Å². The lowest BCUT2D eigenvalue weighted by molar-refractivity contribution is 0.804. The summed E-state index contributed by atoms with van der Waals surface area (Å²) >= 11 is 0. The molecule has 3 rings (SSSR count). The number of rotatable bonds is 2. The van der Waals surface area contributed by atoms with Crippen LogP contribution in [0.3, 0.4) is 0 Å². The number of aryl methyl sites for hydroxylation is 1. The highest BCUT2D eigenvalue weighted by Crippen LogP contribution is 2.17. The van der Waals surface area contributed by atoms with Crippen molar-refractivity contribution in [2.24, 2.45) is 0 Å². The van der Waals surface area contributed by atoms with Gasteiger partial charge in [0.2, 0.25) is 0 Å². The largest absolute Gasteiger partial charge is 0.220 e. The Hall–Kier alpha value is -2.42. The van der Waals surface area contributed by atoms with Gasteiger partial charge >= 0.3 is 0 Å². The van der Waals surface area contributed by atoms with Crippen molar-refractivity contribution in [3.8, 4) is 16.9 Å². The van der Waals surface area contributed by atoms with Gasteiger partial charge in [0, 0.05) is 5.56 Å². The van der Waals surface area contributed by atoms with Crippen molar-refractivity contribution in [1.82, 2.24) is 15.0 Å². The maximum atomic E-state index is 8.25. The molecule has 18 heavy (non-hydrogen) atoms. The van der Waals surface area contributed by atoms with Crippen molar-refractivity contribution >= 4 is 0 Å². The third kappa shape index (κ3) is 2.02. The van der Waals surface area contributed by atoms with Gasteiger partial charge in [0.1, 0.15) is 5.69 Å². The summed E-state index contributed by atoms with van der Waals surface area (Å²) in [5.74, 6) is 0. The fourth-order valence-electron chi connectivity index (χ4n) is 1.52. The molecule has 3 aromatic rings. The third-order valence-electron chi connectivity index (χ3n) is 2.47. The van der Waals surface area contributed by atoms with Crippen molar-refractivity contribution < 1.29 is 8.22 Å². The molecule has 3 nitrogen and oxygen atoms in total. The lowest BCUT2D eigenvalue weighted by atomic mass is 10.1. The van der Waals surface area contributed by atoms with Gasteiger partial charge in [-0.05, 0) is 19.0 Å². The molecule has 88 valence electrons. The Balaban J connectivity index is 2.21. The second-order valence-corrected chi connectivity index (χ2v) is 3.80. The highest BCUT2D eigenvalue weighted by Gasteiger charge is 2.04. The molecule has 0 saturated heterocycles. The van der Waals surface area contributed by atoms with Crippen LogP contribution in [0.25, 0.3) is 16.9 Å². The van der Waals surface area contributed by atoms with Crippen LogP contribution in [0, 0.1) is 6.92 Å². The first-order chi connectivity index (χ1) is 11.3. The molecule has 0 N–H and O–H groups in total. The number of nitrogens with zero attached hydrogens (tertiary/aromatic N) is 3. The second kappa shape index (κ2) is 4.45. The molecule has 0 saturated carbocycles. The first kappa shape index (κ1) is 5.96. The number of hydrogen-bond donors (Lipinski definition) is 0. The average molecular weight is 241 g/mol. The second-order valence-electron chi connectivity index (χ2n) is 3.80. The quantitative estimate of drug-likeness (QED) is 0.689. The van der Waals surface area contributed by atoms with E-state index >= 15 is 0 Å². The van der Waals surface area contributed by atoms with E-state index in [0.717, 1.165) is 10.2 Å². The molecule has 2 aromatic carbocycles. The highest BCUT2D eigenvalue weighted by atomic mass is 15.4. The van der Waals surface area contributed by atoms with Gasteiger partial charge in [0.15, 0.2) is 0 Å². The van der Waals surface area contributed by atoms with Gasteiger partial charge in [-0.15, -0.1) is 5.10 Å². The molecular formula is C15H13N3. The summed E-state index contributed by atoms with van der Waals surface area (Å²) in [6.45, 7) is 1.94. The zero-order chi connectivity index (χ0) is 17.6. The standard InChI is InChI=1S/C15H13N3/c1-12-7-9-13(10-8-12)15-11-18(17-16-15)14-5-3-2-4-6-14/h2-11H,1H3/i2D,3D,4D,5D,6D,11D. The zero-order valence-electron chi connectivity index (χ0n) is 15.7. The number of hydrogen-bond acceptors (Lipinski definition) is 2. The Morgan fingerprint density at radius 3 is 2.50 bits per heavy atom. The van der Waals surface area contributed by atoms with E-state index in [2.05, 4.69) is 10.3 Å². The van der Waals surface area contributed by atoms with Gasteiger partial charge in [-0.25, -0.2) is 4.68 Å². The Labute approximate surface area is 114 Å². The summed E-state index contributed by atoms with van der Waals surface area (Å²) in [6.07, 6.45) is -0.141. The van der Waals surface area contributed by atoms with E-state index in [1.54, 1.807) is 12.1 Å². The SMILES string of the molecule is [2H]c1c([2H])c([2H])c(-n2nnc(-c3ccc(C)cc3)c2[2H])c([2H])c1[2H]. The molecular weight excluding hydrogens is 222 g/mol. The van der Waals surface area contributed by atoms with Crippen LogP contribution in [0.15, 0.2) is 60.7 Å². The van der Waals surface area contributed by atoms with E-state index in [4.69, 9.17) is 8.22 Å². The summed E-state index contributed by atoms with van der Waals surface area (Å²) in [5.41, 5.74) is 1.83. The van der Waals surface area contributed by atoms with Crippen LogP contribution in [0.2, 0.25) is 0 Å². The van der Waals surface area contributed by atoms with E-state index in [1.807, 2.05) is 19.1 Å². The van der Waals surface area contributed by atoms with Crippen LogP contribution in [-0.4, -0.2) is 15.0 Å². The Morgan fingerprint density at radius 2 is 1.78 bits per heavy atom. The molecule has 0 radical (unpaired) electrons. The van der Waals surface area contributed by atoms with Crippen molar-refractivity contribution in [3.63, 3.8) is 0 Å². The molecule has 0 atom stereocenters. The van der Waals surface area contributed by atoms with Crippen LogP contribution >= 0.6 is 0 Å². The lowest BCUT2D eigenvalue weighted by Gasteiger charge is -1.98. The summed E-state index contributed by atoms with van der Waals surface area (Å²) < 4.78 is 48.2. The minimum atomic E-state index is -0.487. The first-order valence-corrected chi connectivity index (χ1v) is 5.39. The maximum Gasteiger partial charge on any atom is 0.113 e. The third-order valence-corrected chi connectivity index (χ3v) is 2.47. The Bertz CT molecular complexity index is 904. The molecule has 0 aliphatic heterocycles.